The molecule has 0 N–H and O–H groups in total. The predicted octanol–water partition coefficient (Wildman–Crippen LogP) is 3.92. The Hall–Kier alpha value is -0.850. The molecule has 1 unspecified atom stereocenters. The average Bonchev–Trinajstić information content (AvgIpc) is 2.04. The highest BCUT2D eigenvalue weighted by Gasteiger charge is 2.38. The monoisotopic (exact) mass is 180 g/mol. The summed E-state index contributed by atoms with van der Waals surface area (Å²) in [5, 5.41) is 0. The highest BCUT2D eigenvalue weighted by molar-refractivity contribution is 5.23. The minimum atomic E-state index is -1.27. The van der Waals surface area contributed by atoms with Crippen LogP contribution in [0.4, 0.5) is 4.39 Å². The van der Waals surface area contributed by atoms with Crippen molar-refractivity contribution in [1.29, 1.82) is 0 Å². The fourth-order valence-electron chi connectivity index (χ4n) is 1.18. The molecule has 0 nitrogen and oxygen atoms in total. The van der Waals surface area contributed by atoms with Crippen LogP contribution in [0.25, 0.3) is 0 Å². The average molecular weight is 180 g/mol. The third-order valence-electron chi connectivity index (χ3n) is 2.72. The van der Waals surface area contributed by atoms with E-state index in [9.17, 15) is 4.39 Å². The van der Waals surface area contributed by atoms with Crippen molar-refractivity contribution in [2.75, 3.05) is 0 Å². The number of benzene rings is 1. The predicted molar refractivity (Wildman–Crippen MR) is 54.4 cm³/mol. The maximum Gasteiger partial charge on any atom is 0.138 e. The Morgan fingerprint density at radius 1 is 0.923 bits per heavy atom. The Kier molecular flexibility index (Phi) is 2.47. The molecule has 0 amide bonds. The molecule has 0 saturated carbocycles. The van der Waals surface area contributed by atoms with E-state index in [-0.39, 0.29) is 5.41 Å². The minimum Gasteiger partial charge on any atom is -0.238 e. The van der Waals surface area contributed by atoms with Gasteiger partial charge in [0, 0.05) is 0 Å². The first-order valence-corrected chi connectivity index (χ1v) is 4.60. The van der Waals surface area contributed by atoms with Crippen molar-refractivity contribution in [2.24, 2.45) is 5.41 Å². The van der Waals surface area contributed by atoms with Gasteiger partial charge in [-0.15, -0.1) is 0 Å². The van der Waals surface area contributed by atoms with Crippen LogP contribution in [0.3, 0.4) is 0 Å². The third-order valence-corrected chi connectivity index (χ3v) is 2.72. The molecule has 1 aromatic carbocycles. The summed E-state index contributed by atoms with van der Waals surface area (Å²) in [4.78, 5) is 0. The van der Waals surface area contributed by atoms with Gasteiger partial charge < -0.3 is 0 Å². The van der Waals surface area contributed by atoms with E-state index >= 15 is 0 Å². The zero-order chi connectivity index (χ0) is 10.1. The second-order valence-electron chi connectivity index (χ2n) is 4.62. The molecular formula is C12H17F. The quantitative estimate of drug-likeness (QED) is 0.614. The van der Waals surface area contributed by atoms with Gasteiger partial charge in [0.2, 0.25) is 0 Å². The summed E-state index contributed by atoms with van der Waals surface area (Å²) in [7, 11) is 0. The molecule has 1 atom stereocenters. The lowest BCUT2D eigenvalue weighted by Crippen LogP contribution is -2.32. The Bertz CT molecular complexity index is 267. The van der Waals surface area contributed by atoms with Crippen LogP contribution in [-0.2, 0) is 5.67 Å². The van der Waals surface area contributed by atoms with E-state index in [4.69, 9.17) is 0 Å². The van der Waals surface area contributed by atoms with Gasteiger partial charge in [-0.1, -0.05) is 51.1 Å². The normalized spacial score (nSPS) is 16.7. The zero-order valence-corrected chi connectivity index (χ0v) is 8.76. The number of hydrogen-bond donors (Lipinski definition) is 0. The molecule has 0 aliphatic heterocycles. The molecule has 0 radical (unpaired) electrons. The van der Waals surface area contributed by atoms with E-state index in [0.717, 1.165) is 5.56 Å². The lowest BCUT2D eigenvalue weighted by atomic mass is 9.75. The standard InChI is InChI=1S/C12H17F/c1-11(2,3)12(4,13)10-8-6-5-7-9-10/h5-9H,1-4H3. The van der Waals surface area contributed by atoms with Crippen molar-refractivity contribution < 1.29 is 4.39 Å². The maximum absolute atomic E-state index is 14.3. The van der Waals surface area contributed by atoms with Crippen LogP contribution in [0.5, 0.6) is 0 Å². The largest absolute Gasteiger partial charge is 0.238 e. The molecule has 13 heavy (non-hydrogen) atoms. The summed E-state index contributed by atoms with van der Waals surface area (Å²) in [6.45, 7) is 7.39. The molecule has 0 heterocycles. The van der Waals surface area contributed by atoms with Crippen LogP contribution in [0.1, 0.15) is 33.3 Å². The molecule has 0 aliphatic rings. The van der Waals surface area contributed by atoms with Gasteiger partial charge in [-0.05, 0) is 17.9 Å². The van der Waals surface area contributed by atoms with E-state index in [0.29, 0.717) is 0 Å². The van der Waals surface area contributed by atoms with Crippen LogP contribution in [0, 0.1) is 5.41 Å². The summed E-state index contributed by atoms with van der Waals surface area (Å²) in [5.74, 6) is 0. The van der Waals surface area contributed by atoms with Crippen LogP contribution in [-0.4, -0.2) is 0 Å². The molecule has 1 heteroatoms. The first-order chi connectivity index (χ1) is 5.86. The molecule has 1 aromatic rings. The Morgan fingerprint density at radius 3 is 1.77 bits per heavy atom. The van der Waals surface area contributed by atoms with Crippen molar-refractivity contribution in [1.82, 2.24) is 0 Å². The van der Waals surface area contributed by atoms with Crippen LogP contribution >= 0.6 is 0 Å². The summed E-state index contributed by atoms with van der Waals surface area (Å²) < 4.78 is 14.3. The number of hydrogen-bond acceptors (Lipinski definition) is 0. The minimum absolute atomic E-state index is 0.367. The molecule has 0 aliphatic carbocycles. The smallest absolute Gasteiger partial charge is 0.138 e. The van der Waals surface area contributed by atoms with Gasteiger partial charge in [-0.25, -0.2) is 4.39 Å². The van der Waals surface area contributed by atoms with Gasteiger partial charge in [-0.3, -0.25) is 0 Å². The fraction of sp³-hybridized carbons (Fsp3) is 0.500. The van der Waals surface area contributed by atoms with Crippen molar-refractivity contribution in [3.05, 3.63) is 35.9 Å². The SMILES string of the molecule is CC(C)(C)C(C)(F)c1ccccc1. The Labute approximate surface area is 79.8 Å². The molecule has 0 spiro atoms. The molecule has 1 rings (SSSR count). The van der Waals surface area contributed by atoms with Gasteiger partial charge in [0.05, 0.1) is 0 Å². The number of halogens is 1. The molecule has 0 aromatic heterocycles. The van der Waals surface area contributed by atoms with E-state index in [1.54, 1.807) is 6.92 Å². The van der Waals surface area contributed by atoms with Gasteiger partial charge in [0.1, 0.15) is 5.67 Å². The van der Waals surface area contributed by atoms with Gasteiger partial charge >= 0.3 is 0 Å². The number of alkyl halides is 1. The van der Waals surface area contributed by atoms with Gasteiger partial charge in [0.15, 0.2) is 0 Å². The first-order valence-electron chi connectivity index (χ1n) is 4.60. The molecular weight excluding hydrogens is 163 g/mol. The van der Waals surface area contributed by atoms with Crippen molar-refractivity contribution in [3.8, 4) is 0 Å². The second kappa shape index (κ2) is 3.13. The molecule has 0 fully saturated rings. The lowest BCUT2D eigenvalue weighted by Gasteiger charge is -2.34. The maximum atomic E-state index is 14.3. The summed E-state index contributed by atoms with van der Waals surface area (Å²) in [6, 6.07) is 9.33. The first kappa shape index (κ1) is 10.2. The Morgan fingerprint density at radius 2 is 1.38 bits per heavy atom. The van der Waals surface area contributed by atoms with E-state index in [1.165, 1.54) is 0 Å². The summed E-state index contributed by atoms with van der Waals surface area (Å²) in [6.07, 6.45) is 0. The summed E-state index contributed by atoms with van der Waals surface area (Å²) in [5.41, 5.74) is -0.884. The van der Waals surface area contributed by atoms with Crippen LogP contribution in [0.15, 0.2) is 30.3 Å². The summed E-state index contributed by atoms with van der Waals surface area (Å²) >= 11 is 0. The topological polar surface area (TPSA) is 0 Å². The molecule has 72 valence electrons. The highest BCUT2D eigenvalue weighted by atomic mass is 19.1. The van der Waals surface area contributed by atoms with E-state index in [1.807, 2.05) is 51.1 Å². The fourth-order valence-corrected chi connectivity index (χ4v) is 1.18. The molecule has 0 bridgehead atoms. The van der Waals surface area contributed by atoms with Gasteiger partial charge in [0.25, 0.3) is 0 Å². The molecule has 0 saturated heterocycles. The van der Waals surface area contributed by atoms with E-state index in [2.05, 4.69) is 0 Å². The van der Waals surface area contributed by atoms with Crippen LogP contribution in [0.2, 0.25) is 0 Å². The van der Waals surface area contributed by atoms with Crippen molar-refractivity contribution in [3.63, 3.8) is 0 Å². The van der Waals surface area contributed by atoms with E-state index < -0.39 is 5.67 Å². The second-order valence-corrected chi connectivity index (χ2v) is 4.62. The van der Waals surface area contributed by atoms with Crippen molar-refractivity contribution in [2.45, 2.75) is 33.4 Å². The van der Waals surface area contributed by atoms with Gasteiger partial charge in [-0.2, -0.15) is 0 Å². The van der Waals surface area contributed by atoms with Crippen molar-refractivity contribution >= 4 is 0 Å². The Balaban J connectivity index is 3.08. The number of rotatable bonds is 1. The lowest BCUT2D eigenvalue weighted by molar-refractivity contribution is 0.0452. The van der Waals surface area contributed by atoms with Crippen LogP contribution < -0.4 is 0 Å². The third kappa shape index (κ3) is 1.90. The highest BCUT2D eigenvalue weighted by Crippen LogP contribution is 2.42. The zero-order valence-electron chi connectivity index (χ0n) is 8.76.